The van der Waals surface area contributed by atoms with E-state index in [0.29, 0.717) is 11.5 Å². The second-order valence-corrected chi connectivity index (χ2v) is 7.58. The highest BCUT2D eigenvalue weighted by molar-refractivity contribution is 7.11. The zero-order valence-electron chi connectivity index (χ0n) is 12.2. The SMILES string of the molecule is CCNC1CC(C)(C)Cc2nc(C3CCCO3)sc21. The fraction of sp³-hybridized carbons (Fsp3) is 0.800. The minimum Gasteiger partial charge on any atom is -0.371 e. The topological polar surface area (TPSA) is 34.2 Å². The van der Waals surface area contributed by atoms with Crippen LogP contribution in [0.2, 0.25) is 0 Å². The number of nitrogens with zero attached hydrogens (tertiary/aromatic N) is 1. The van der Waals surface area contributed by atoms with Crippen LogP contribution in [-0.4, -0.2) is 18.1 Å². The van der Waals surface area contributed by atoms with Gasteiger partial charge in [-0.05, 0) is 37.6 Å². The van der Waals surface area contributed by atoms with Crippen molar-refractivity contribution in [2.45, 2.75) is 58.6 Å². The largest absolute Gasteiger partial charge is 0.371 e. The van der Waals surface area contributed by atoms with Gasteiger partial charge in [-0.25, -0.2) is 4.98 Å². The molecule has 0 radical (unpaired) electrons. The molecule has 106 valence electrons. The van der Waals surface area contributed by atoms with Crippen LogP contribution in [0, 0.1) is 5.41 Å². The average Bonchev–Trinajstić information content (AvgIpc) is 2.94. The first-order chi connectivity index (χ1) is 9.09. The summed E-state index contributed by atoms with van der Waals surface area (Å²) >= 11 is 1.88. The monoisotopic (exact) mass is 280 g/mol. The molecule has 4 heteroatoms. The number of rotatable bonds is 3. The number of hydrogen-bond donors (Lipinski definition) is 1. The van der Waals surface area contributed by atoms with Gasteiger partial charge in [0.25, 0.3) is 0 Å². The predicted molar refractivity (Wildman–Crippen MR) is 78.6 cm³/mol. The molecular weight excluding hydrogens is 256 g/mol. The summed E-state index contributed by atoms with van der Waals surface area (Å²) in [6, 6.07) is 0.483. The van der Waals surface area contributed by atoms with Crippen molar-refractivity contribution >= 4 is 11.3 Å². The molecular formula is C15H24N2OS. The molecule has 1 aliphatic carbocycles. The number of nitrogens with one attached hydrogen (secondary N) is 1. The lowest BCUT2D eigenvalue weighted by Crippen LogP contribution is -2.32. The van der Waals surface area contributed by atoms with E-state index in [4.69, 9.17) is 9.72 Å². The molecule has 2 heterocycles. The quantitative estimate of drug-likeness (QED) is 0.918. The highest BCUT2D eigenvalue weighted by Gasteiger charge is 2.35. The van der Waals surface area contributed by atoms with Crippen LogP contribution in [0.25, 0.3) is 0 Å². The van der Waals surface area contributed by atoms with Crippen LogP contribution in [0.1, 0.15) is 67.8 Å². The maximum Gasteiger partial charge on any atom is 0.122 e. The molecule has 2 aliphatic rings. The molecule has 0 bridgehead atoms. The third-order valence-corrected chi connectivity index (χ3v) is 5.42. The normalized spacial score (nSPS) is 29.4. The van der Waals surface area contributed by atoms with Gasteiger partial charge in [-0.15, -0.1) is 11.3 Å². The molecule has 2 unspecified atom stereocenters. The lowest BCUT2D eigenvalue weighted by molar-refractivity contribution is 0.111. The Morgan fingerprint density at radius 1 is 1.47 bits per heavy atom. The van der Waals surface area contributed by atoms with Crippen molar-refractivity contribution < 1.29 is 4.74 Å². The van der Waals surface area contributed by atoms with Gasteiger partial charge in [-0.2, -0.15) is 0 Å². The van der Waals surface area contributed by atoms with E-state index < -0.39 is 0 Å². The molecule has 0 saturated carbocycles. The molecule has 1 N–H and O–H groups in total. The number of ether oxygens (including phenoxy) is 1. The maximum atomic E-state index is 5.79. The highest BCUT2D eigenvalue weighted by Crippen LogP contribution is 2.45. The second-order valence-electron chi connectivity index (χ2n) is 6.52. The van der Waals surface area contributed by atoms with Crippen molar-refractivity contribution in [2.24, 2.45) is 5.41 Å². The van der Waals surface area contributed by atoms with E-state index in [-0.39, 0.29) is 6.10 Å². The summed E-state index contributed by atoms with van der Waals surface area (Å²) in [4.78, 5) is 6.38. The van der Waals surface area contributed by atoms with Crippen molar-refractivity contribution in [3.8, 4) is 0 Å². The molecule has 1 saturated heterocycles. The van der Waals surface area contributed by atoms with E-state index in [1.54, 1.807) is 0 Å². The minimum absolute atomic E-state index is 0.265. The van der Waals surface area contributed by atoms with Crippen molar-refractivity contribution in [3.63, 3.8) is 0 Å². The Labute approximate surface area is 119 Å². The van der Waals surface area contributed by atoms with E-state index in [0.717, 1.165) is 26.0 Å². The number of aromatic nitrogens is 1. The third kappa shape index (κ3) is 2.71. The third-order valence-electron chi connectivity index (χ3n) is 4.12. The van der Waals surface area contributed by atoms with Gasteiger partial charge in [0.05, 0.1) is 5.69 Å². The fourth-order valence-electron chi connectivity index (χ4n) is 3.27. The van der Waals surface area contributed by atoms with E-state index in [1.807, 2.05) is 11.3 Å². The fourth-order valence-corrected chi connectivity index (χ4v) is 4.52. The Balaban J connectivity index is 1.90. The van der Waals surface area contributed by atoms with E-state index in [2.05, 4.69) is 26.1 Å². The Morgan fingerprint density at radius 2 is 2.32 bits per heavy atom. The molecule has 0 spiro atoms. The van der Waals surface area contributed by atoms with Crippen molar-refractivity contribution in [1.29, 1.82) is 0 Å². The standard InChI is InChI=1S/C15H24N2OS/c1-4-16-10-8-15(2,3)9-11-13(10)19-14(17-11)12-6-5-7-18-12/h10,12,16H,4-9H2,1-3H3. The van der Waals surface area contributed by atoms with Crippen LogP contribution in [0.15, 0.2) is 0 Å². The first kappa shape index (κ1) is 13.5. The Hall–Kier alpha value is -0.450. The highest BCUT2D eigenvalue weighted by atomic mass is 32.1. The summed E-state index contributed by atoms with van der Waals surface area (Å²) in [7, 11) is 0. The van der Waals surface area contributed by atoms with Crippen LogP contribution in [0.4, 0.5) is 0 Å². The summed E-state index contributed by atoms with van der Waals surface area (Å²) < 4.78 is 5.79. The van der Waals surface area contributed by atoms with Gasteiger partial charge in [-0.1, -0.05) is 20.8 Å². The smallest absolute Gasteiger partial charge is 0.122 e. The van der Waals surface area contributed by atoms with Gasteiger partial charge in [-0.3, -0.25) is 0 Å². The van der Waals surface area contributed by atoms with Crippen molar-refractivity contribution in [1.82, 2.24) is 10.3 Å². The number of hydrogen-bond acceptors (Lipinski definition) is 4. The lowest BCUT2D eigenvalue weighted by Gasteiger charge is -2.34. The van der Waals surface area contributed by atoms with Crippen LogP contribution < -0.4 is 5.32 Å². The summed E-state index contributed by atoms with van der Waals surface area (Å²) in [6.07, 6.45) is 4.90. The van der Waals surface area contributed by atoms with Crippen LogP contribution >= 0.6 is 11.3 Å². The summed E-state index contributed by atoms with van der Waals surface area (Å²) in [5.74, 6) is 0. The van der Waals surface area contributed by atoms with Gasteiger partial charge in [0.1, 0.15) is 11.1 Å². The Kier molecular flexibility index (Phi) is 3.67. The maximum absolute atomic E-state index is 5.79. The molecule has 3 nitrogen and oxygen atoms in total. The first-order valence-corrected chi connectivity index (χ1v) is 8.25. The second kappa shape index (κ2) is 5.15. The van der Waals surface area contributed by atoms with Crippen LogP contribution in [0.5, 0.6) is 0 Å². The van der Waals surface area contributed by atoms with Gasteiger partial charge in [0.2, 0.25) is 0 Å². The Bertz CT molecular complexity index is 449. The van der Waals surface area contributed by atoms with Crippen molar-refractivity contribution in [2.75, 3.05) is 13.2 Å². The van der Waals surface area contributed by atoms with E-state index >= 15 is 0 Å². The predicted octanol–water partition coefficient (Wildman–Crippen LogP) is 3.62. The van der Waals surface area contributed by atoms with E-state index in [9.17, 15) is 0 Å². The zero-order valence-corrected chi connectivity index (χ0v) is 13.0. The minimum atomic E-state index is 0.265. The molecule has 2 atom stereocenters. The number of thiazole rings is 1. The Morgan fingerprint density at radius 3 is 3.00 bits per heavy atom. The van der Waals surface area contributed by atoms with Crippen molar-refractivity contribution in [3.05, 3.63) is 15.6 Å². The van der Waals surface area contributed by atoms with Crippen LogP contribution in [-0.2, 0) is 11.2 Å². The van der Waals surface area contributed by atoms with Gasteiger partial charge in [0, 0.05) is 17.5 Å². The summed E-state index contributed by atoms with van der Waals surface area (Å²) in [6.45, 7) is 8.81. The average molecular weight is 280 g/mol. The molecule has 1 fully saturated rings. The zero-order chi connectivity index (χ0) is 13.5. The molecule has 0 aromatic carbocycles. The molecule has 0 amide bonds. The summed E-state index contributed by atoms with van der Waals surface area (Å²) in [5, 5.41) is 4.84. The molecule has 1 aromatic heterocycles. The van der Waals surface area contributed by atoms with Crippen LogP contribution in [0.3, 0.4) is 0 Å². The summed E-state index contributed by atoms with van der Waals surface area (Å²) in [5.41, 5.74) is 1.67. The molecule has 19 heavy (non-hydrogen) atoms. The molecule has 1 aromatic rings. The first-order valence-electron chi connectivity index (χ1n) is 7.43. The van der Waals surface area contributed by atoms with Gasteiger partial charge < -0.3 is 10.1 Å². The molecule has 1 aliphatic heterocycles. The van der Waals surface area contributed by atoms with Gasteiger partial charge in [0.15, 0.2) is 0 Å². The molecule has 3 rings (SSSR count). The van der Waals surface area contributed by atoms with Gasteiger partial charge >= 0.3 is 0 Å². The van der Waals surface area contributed by atoms with E-state index in [1.165, 1.54) is 28.4 Å². The number of fused-ring (bicyclic) bond motifs is 1. The lowest BCUT2D eigenvalue weighted by atomic mass is 9.76.